The summed E-state index contributed by atoms with van der Waals surface area (Å²) < 4.78 is 92.0. The van der Waals surface area contributed by atoms with Gasteiger partial charge in [-0.05, 0) is 112 Å². The van der Waals surface area contributed by atoms with Crippen LogP contribution in [0, 0.1) is 27.3 Å². The normalized spacial score (nSPS) is 24.4. The Labute approximate surface area is 441 Å². The van der Waals surface area contributed by atoms with Crippen molar-refractivity contribution in [1.82, 2.24) is 23.9 Å². The average molecular weight is 1090 g/mol. The maximum Gasteiger partial charge on any atom is 0.297 e. The lowest BCUT2D eigenvalue weighted by molar-refractivity contribution is -0.384. The van der Waals surface area contributed by atoms with Crippen LogP contribution in [0.1, 0.15) is 118 Å². The van der Waals surface area contributed by atoms with Gasteiger partial charge in [0.05, 0.1) is 44.8 Å². The number of piperidine rings is 1. The molecule has 3 aliphatic heterocycles. The molecule has 22 heteroatoms. The third kappa shape index (κ3) is 9.94. The number of piperazine rings is 1. The number of H-pyrrole nitrogens is 1. The second-order valence-electron chi connectivity index (χ2n) is 22.4. The molecule has 2 atom stereocenters. The van der Waals surface area contributed by atoms with Crippen LogP contribution in [0.25, 0.3) is 11.0 Å². The molecule has 5 heterocycles. The SMILES string of the molecule is COc1nc2[nH]cc(F)c2cc1Oc1cc(N2CCC3(CC2)CC(N2CCN(S(=O)(=O)C4CC4)C[C@H]2c2ccccc2C(C)C)C3)ccc1C(=O)NS(=O)(=O)c1cc2c(c([N+](=O)[O-])c1)N[C@@H](C1CCC(C)(O)CC1)CO2. The number of anilines is 2. The van der Waals surface area contributed by atoms with Crippen LogP contribution in [0.3, 0.4) is 0 Å². The lowest BCUT2D eigenvalue weighted by Gasteiger charge is -2.58. The van der Waals surface area contributed by atoms with E-state index in [1.54, 1.807) is 23.4 Å². The summed E-state index contributed by atoms with van der Waals surface area (Å²) in [6.45, 7) is 9.18. The molecule has 5 fully saturated rings. The summed E-state index contributed by atoms with van der Waals surface area (Å²) in [4.78, 5) is 37.4. The maximum absolute atomic E-state index is 14.9. The minimum atomic E-state index is -4.79. The number of carbonyl (C=O) groups excluding carboxylic acids is 1. The molecule has 5 aromatic rings. The fourth-order valence-electron chi connectivity index (χ4n) is 12.4. The van der Waals surface area contributed by atoms with Gasteiger partial charge < -0.3 is 34.5 Å². The zero-order valence-electron chi connectivity index (χ0n) is 43.1. The number of hydrogen-bond acceptors (Lipinski definition) is 15. The summed E-state index contributed by atoms with van der Waals surface area (Å²) in [5.41, 5.74) is 1.88. The van der Waals surface area contributed by atoms with Gasteiger partial charge in [-0.3, -0.25) is 19.8 Å². The number of nitro groups is 1. The fraction of sp³-hybridized carbons (Fsp3) is 0.519. The Hall–Kier alpha value is -6.07. The number of hydrogen-bond donors (Lipinski definition) is 4. The lowest BCUT2D eigenvalue weighted by atomic mass is 9.59. The first kappa shape index (κ1) is 52.0. The molecule has 1 spiro atoms. The van der Waals surface area contributed by atoms with E-state index in [9.17, 15) is 41.2 Å². The number of amides is 1. The third-order valence-corrected chi connectivity index (χ3v) is 20.7. The van der Waals surface area contributed by atoms with Crippen molar-refractivity contribution in [2.75, 3.05) is 56.7 Å². The molecular weight excluding hydrogens is 1020 g/mol. The van der Waals surface area contributed by atoms with Crippen molar-refractivity contribution in [3.8, 4) is 23.1 Å². The minimum absolute atomic E-state index is 0.0307. The number of ether oxygens (including phenoxy) is 3. The highest BCUT2D eigenvalue weighted by molar-refractivity contribution is 7.90. The molecule has 3 aromatic carbocycles. The van der Waals surface area contributed by atoms with Crippen LogP contribution in [0.2, 0.25) is 0 Å². The second kappa shape index (κ2) is 19.7. The minimum Gasteiger partial charge on any atom is -0.489 e. The van der Waals surface area contributed by atoms with Crippen molar-refractivity contribution in [2.45, 2.75) is 125 Å². The van der Waals surface area contributed by atoms with Gasteiger partial charge in [-0.1, -0.05) is 38.1 Å². The number of aromatic nitrogens is 2. The summed E-state index contributed by atoms with van der Waals surface area (Å²) in [5, 5.41) is 26.0. The van der Waals surface area contributed by atoms with Crippen LogP contribution in [-0.2, 0) is 20.0 Å². The summed E-state index contributed by atoms with van der Waals surface area (Å²) in [7, 11) is -6.78. The smallest absolute Gasteiger partial charge is 0.297 e. The Kier molecular flexibility index (Phi) is 13.5. The van der Waals surface area contributed by atoms with Gasteiger partial charge in [0, 0.05) is 81.0 Å². The largest absolute Gasteiger partial charge is 0.489 e. The zero-order chi connectivity index (χ0) is 53.5. The van der Waals surface area contributed by atoms with Crippen LogP contribution in [-0.4, -0.2) is 121 Å². The first-order valence-corrected chi connectivity index (χ1v) is 29.3. The van der Waals surface area contributed by atoms with Gasteiger partial charge in [0.1, 0.15) is 23.8 Å². The maximum atomic E-state index is 14.9. The number of rotatable bonds is 14. The Morgan fingerprint density at radius 1 is 0.974 bits per heavy atom. The number of fused-ring (bicyclic) bond motifs is 2. The zero-order valence-corrected chi connectivity index (χ0v) is 44.7. The number of sulfonamides is 2. The third-order valence-electron chi connectivity index (χ3n) is 17.0. The van der Waals surface area contributed by atoms with E-state index in [2.05, 4.69) is 67.9 Å². The summed E-state index contributed by atoms with van der Waals surface area (Å²) in [6.07, 6.45) is 8.78. The van der Waals surface area contributed by atoms with E-state index in [0.717, 1.165) is 56.9 Å². The van der Waals surface area contributed by atoms with E-state index in [0.29, 0.717) is 64.1 Å². The van der Waals surface area contributed by atoms with Crippen molar-refractivity contribution in [3.05, 3.63) is 99.5 Å². The van der Waals surface area contributed by atoms with Gasteiger partial charge in [-0.25, -0.2) is 25.9 Å². The summed E-state index contributed by atoms with van der Waals surface area (Å²) >= 11 is 0. The molecule has 0 radical (unpaired) electrons. The van der Waals surface area contributed by atoms with Crippen LogP contribution >= 0.6 is 0 Å². The number of benzene rings is 3. The van der Waals surface area contributed by atoms with Crippen molar-refractivity contribution in [3.63, 3.8) is 0 Å². The number of aromatic amines is 1. The Balaban J connectivity index is 0.827. The van der Waals surface area contributed by atoms with Gasteiger partial charge in [-0.2, -0.15) is 9.29 Å². The molecule has 2 aromatic heterocycles. The second-order valence-corrected chi connectivity index (χ2v) is 26.3. The monoisotopic (exact) mass is 1080 g/mol. The highest BCUT2D eigenvalue weighted by atomic mass is 32.2. The molecule has 406 valence electrons. The molecule has 3 saturated carbocycles. The van der Waals surface area contributed by atoms with E-state index in [-0.39, 0.29) is 92.6 Å². The van der Waals surface area contributed by atoms with Gasteiger partial charge in [-0.15, -0.1) is 0 Å². The van der Waals surface area contributed by atoms with E-state index in [1.165, 1.54) is 30.4 Å². The van der Waals surface area contributed by atoms with Gasteiger partial charge in [0.25, 0.3) is 27.5 Å². The molecule has 0 unspecified atom stereocenters. The summed E-state index contributed by atoms with van der Waals surface area (Å²) in [6, 6.07) is 16.5. The van der Waals surface area contributed by atoms with E-state index in [4.69, 9.17) is 14.2 Å². The average Bonchev–Trinajstić information content (AvgIpc) is 4.22. The highest BCUT2D eigenvalue weighted by Gasteiger charge is 2.52. The predicted molar refractivity (Wildman–Crippen MR) is 283 cm³/mol. The number of halogens is 1. The topological polar surface area (TPSA) is 239 Å². The first-order valence-electron chi connectivity index (χ1n) is 26.3. The van der Waals surface area contributed by atoms with Gasteiger partial charge in [0.15, 0.2) is 17.2 Å². The van der Waals surface area contributed by atoms with Crippen LogP contribution in [0.15, 0.2) is 71.8 Å². The van der Waals surface area contributed by atoms with Crippen LogP contribution in [0.4, 0.5) is 21.5 Å². The van der Waals surface area contributed by atoms with Gasteiger partial charge in [0.2, 0.25) is 10.0 Å². The number of nitrogens with one attached hydrogen (secondary N) is 3. The number of aliphatic hydroxyl groups is 1. The van der Waals surface area contributed by atoms with Crippen LogP contribution < -0.4 is 29.1 Å². The summed E-state index contributed by atoms with van der Waals surface area (Å²) in [5.74, 6) is -1.59. The van der Waals surface area contributed by atoms with E-state index in [1.807, 2.05) is 0 Å². The van der Waals surface area contributed by atoms with Crippen molar-refractivity contribution < 1.29 is 50.3 Å². The number of carbonyl (C=O) groups is 1. The van der Waals surface area contributed by atoms with E-state index >= 15 is 0 Å². The number of pyridine rings is 1. The van der Waals surface area contributed by atoms with E-state index < -0.39 is 52.9 Å². The molecule has 2 saturated heterocycles. The Bertz CT molecular complexity index is 3310. The number of nitro benzene ring substituents is 1. The molecule has 3 aliphatic carbocycles. The molecule has 76 heavy (non-hydrogen) atoms. The first-order chi connectivity index (χ1) is 36.2. The number of methoxy groups -OCH3 is 1. The van der Waals surface area contributed by atoms with Gasteiger partial charge >= 0.3 is 0 Å². The molecule has 4 N–H and O–H groups in total. The Morgan fingerprint density at radius 2 is 1.71 bits per heavy atom. The molecule has 6 aliphatic rings. The molecule has 0 bridgehead atoms. The van der Waals surface area contributed by atoms with Crippen molar-refractivity contribution in [2.24, 2.45) is 11.3 Å². The standard InChI is InChI=1S/C54H65FN8O11S2/c1-32(2)38-7-5-6-8-39(38)45-30-61(76(70,71)36-10-11-36)21-22-62(45)35-27-54(28-35)17-19-60(20-18-54)34-9-12-40(46(23-34)74-48-26-41-42(55)29-56-50(41)58-52(48)72-4)51(64)59-75(68,69)37-24-44(63(66)67)49-47(25-37)73-31-43(57-49)33-13-15-53(3,65)16-14-33/h5-9,12,23-26,29,32-33,35-36,43,45,57,65H,10-11,13-22,27-28,30-31H2,1-4H3,(H,56,58)(H,59,64)/t33?,43-,45+,53?/m1/s1. The Morgan fingerprint density at radius 3 is 2.41 bits per heavy atom. The molecule has 1 amide bonds. The number of nitrogens with zero attached hydrogens (tertiary/aromatic N) is 5. The molecule has 19 nitrogen and oxygen atoms in total. The van der Waals surface area contributed by atoms with Crippen molar-refractivity contribution >= 4 is 54.0 Å². The van der Waals surface area contributed by atoms with Crippen molar-refractivity contribution in [1.29, 1.82) is 0 Å². The quantitative estimate of drug-likeness (QED) is 0.0604. The fourth-order valence-corrected chi connectivity index (χ4v) is 15.3. The molecule has 11 rings (SSSR count). The van der Waals surface area contributed by atoms with Crippen LogP contribution in [0.5, 0.6) is 23.1 Å². The lowest BCUT2D eigenvalue weighted by Crippen LogP contribution is -2.60. The predicted octanol–water partition coefficient (Wildman–Crippen LogP) is 8.37. The molecular formula is C54H65FN8O11S2. The highest BCUT2D eigenvalue weighted by Crippen LogP contribution is 2.54.